The van der Waals surface area contributed by atoms with Crippen LogP contribution in [0, 0.1) is 0 Å². The number of rotatable bonds is 2. The molecular formula is C24H34O. The smallest absolute Gasteiger partial charge is 0.0758 e. The van der Waals surface area contributed by atoms with E-state index in [0.717, 1.165) is 6.42 Å². The zero-order valence-electron chi connectivity index (χ0n) is 15.6. The molecule has 25 heavy (non-hydrogen) atoms. The summed E-state index contributed by atoms with van der Waals surface area (Å²) in [5.74, 6) is 0. The van der Waals surface area contributed by atoms with Crippen molar-refractivity contribution in [3.05, 3.63) is 59.7 Å². The minimum atomic E-state index is -0.303. The van der Waals surface area contributed by atoms with Crippen molar-refractivity contribution >= 4 is 0 Å². The van der Waals surface area contributed by atoms with Gasteiger partial charge in [-0.25, -0.2) is 0 Å². The molecule has 136 valence electrons. The van der Waals surface area contributed by atoms with Crippen LogP contribution in [-0.4, -0.2) is 11.2 Å². The van der Waals surface area contributed by atoms with E-state index in [4.69, 9.17) is 0 Å². The Morgan fingerprint density at radius 1 is 0.760 bits per heavy atom. The van der Waals surface area contributed by atoms with Crippen LogP contribution in [0.2, 0.25) is 0 Å². The van der Waals surface area contributed by atoms with E-state index in [1.165, 1.54) is 81.8 Å². The third kappa shape index (κ3) is 4.85. The van der Waals surface area contributed by atoms with Gasteiger partial charge >= 0.3 is 0 Å². The summed E-state index contributed by atoms with van der Waals surface area (Å²) >= 11 is 0. The molecule has 0 radical (unpaired) electrons. The number of aliphatic hydroxyl groups is 1. The highest BCUT2D eigenvalue weighted by Crippen LogP contribution is 2.44. The Balaban J connectivity index is 1.90. The lowest BCUT2D eigenvalue weighted by molar-refractivity contribution is 0.223. The number of allylic oxidation sites excluding steroid dienone is 2. The van der Waals surface area contributed by atoms with Crippen LogP contribution >= 0.6 is 0 Å². The molecule has 0 spiro atoms. The van der Waals surface area contributed by atoms with Crippen molar-refractivity contribution < 1.29 is 5.11 Å². The van der Waals surface area contributed by atoms with E-state index >= 15 is 0 Å². The monoisotopic (exact) mass is 338 g/mol. The van der Waals surface area contributed by atoms with E-state index in [1.807, 2.05) is 6.08 Å². The third-order valence-electron chi connectivity index (χ3n) is 6.16. The maximum Gasteiger partial charge on any atom is 0.0758 e. The molecule has 1 heteroatoms. The normalized spacial score (nSPS) is 25.5. The second-order valence-corrected chi connectivity index (χ2v) is 7.95. The van der Waals surface area contributed by atoms with Crippen LogP contribution in [0.1, 0.15) is 82.6 Å². The molecule has 1 aromatic carbocycles. The maximum absolute atomic E-state index is 9.90. The molecule has 1 unspecified atom stereocenters. The molecule has 0 amide bonds. The summed E-state index contributed by atoms with van der Waals surface area (Å²) in [7, 11) is 0. The summed E-state index contributed by atoms with van der Waals surface area (Å²) in [6.45, 7) is 0. The van der Waals surface area contributed by atoms with Gasteiger partial charge in [-0.15, -0.1) is 0 Å². The van der Waals surface area contributed by atoms with Crippen LogP contribution in [0.4, 0.5) is 0 Å². The predicted molar refractivity (Wildman–Crippen MR) is 107 cm³/mol. The first-order chi connectivity index (χ1) is 12.3. The van der Waals surface area contributed by atoms with Crippen LogP contribution in [0.5, 0.6) is 0 Å². The minimum Gasteiger partial charge on any atom is -0.389 e. The van der Waals surface area contributed by atoms with Crippen molar-refractivity contribution in [2.75, 3.05) is 0 Å². The van der Waals surface area contributed by atoms with Crippen LogP contribution in [-0.2, 0) is 5.41 Å². The standard InChI is InChI=1S/C24H34O/c25-23-17-15-22(16-18-23)24(21-13-9-8-10-14-21)19-11-6-4-2-1-3-5-7-12-20-24/h8-10,13-17,23,25H,1-7,11-12,18-20H2. The molecule has 1 saturated carbocycles. The van der Waals surface area contributed by atoms with Gasteiger partial charge in [-0.2, -0.15) is 0 Å². The quantitative estimate of drug-likeness (QED) is 0.654. The SMILES string of the molecule is OC1C=CC(C2(c3ccccc3)CCCCCCCCCCC2)=CC1. The van der Waals surface area contributed by atoms with Crippen molar-refractivity contribution in [1.29, 1.82) is 0 Å². The van der Waals surface area contributed by atoms with Crippen molar-refractivity contribution in [3.63, 3.8) is 0 Å². The zero-order chi connectivity index (χ0) is 17.4. The van der Waals surface area contributed by atoms with Gasteiger partial charge in [-0.05, 0) is 30.4 Å². The number of hydrogen-bond donors (Lipinski definition) is 1. The van der Waals surface area contributed by atoms with Gasteiger partial charge in [0, 0.05) is 5.41 Å². The Bertz CT molecular complexity index is 557. The van der Waals surface area contributed by atoms with E-state index in [9.17, 15) is 5.11 Å². The molecule has 0 bridgehead atoms. The lowest BCUT2D eigenvalue weighted by atomic mass is 9.66. The summed E-state index contributed by atoms with van der Waals surface area (Å²) in [5.41, 5.74) is 3.05. The topological polar surface area (TPSA) is 20.2 Å². The Kier molecular flexibility index (Phi) is 6.93. The van der Waals surface area contributed by atoms with E-state index in [-0.39, 0.29) is 11.5 Å². The molecule has 1 aromatic rings. The Morgan fingerprint density at radius 2 is 1.32 bits per heavy atom. The van der Waals surface area contributed by atoms with Crippen LogP contribution in [0.3, 0.4) is 0 Å². The summed E-state index contributed by atoms with van der Waals surface area (Å²) < 4.78 is 0. The van der Waals surface area contributed by atoms with Gasteiger partial charge in [0.1, 0.15) is 0 Å². The van der Waals surface area contributed by atoms with Crippen molar-refractivity contribution in [3.8, 4) is 0 Å². The Morgan fingerprint density at radius 3 is 1.84 bits per heavy atom. The van der Waals surface area contributed by atoms with Gasteiger partial charge in [0.15, 0.2) is 0 Å². The molecule has 1 atom stereocenters. The second-order valence-electron chi connectivity index (χ2n) is 7.95. The minimum absolute atomic E-state index is 0.136. The average molecular weight is 339 g/mol. The van der Waals surface area contributed by atoms with E-state index in [1.54, 1.807) is 0 Å². The molecule has 0 saturated heterocycles. The third-order valence-corrected chi connectivity index (χ3v) is 6.16. The summed E-state index contributed by atoms with van der Waals surface area (Å²) in [5, 5.41) is 9.90. The summed E-state index contributed by atoms with van der Waals surface area (Å²) in [6, 6.07) is 11.2. The van der Waals surface area contributed by atoms with Crippen LogP contribution in [0.15, 0.2) is 54.1 Å². The highest BCUT2D eigenvalue weighted by atomic mass is 16.3. The van der Waals surface area contributed by atoms with Gasteiger partial charge in [-0.1, -0.05) is 106 Å². The molecule has 1 fully saturated rings. The number of aliphatic hydroxyl groups excluding tert-OH is 1. The number of benzene rings is 1. The molecule has 0 heterocycles. The second kappa shape index (κ2) is 9.38. The maximum atomic E-state index is 9.90. The molecule has 1 N–H and O–H groups in total. The lowest BCUT2D eigenvalue weighted by Gasteiger charge is -2.38. The molecule has 0 aromatic heterocycles. The highest BCUT2D eigenvalue weighted by Gasteiger charge is 2.34. The lowest BCUT2D eigenvalue weighted by Crippen LogP contribution is -2.30. The predicted octanol–water partition coefficient (Wildman–Crippen LogP) is 6.48. The fourth-order valence-corrected chi connectivity index (χ4v) is 4.68. The first kappa shape index (κ1) is 18.5. The van der Waals surface area contributed by atoms with Crippen molar-refractivity contribution in [1.82, 2.24) is 0 Å². The summed E-state index contributed by atoms with van der Waals surface area (Å²) in [4.78, 5) is 0. The summed E-state index contributed by atoms with van der Waals surface area (Å²) in [6.07, 6.45) is 21.8. The van der Waals surface area contributed by atoms with E-state index in [2.05, 4.69) is 42.5 Å². The van der Waals surface area contributed by atoms with E-state index < -0.39 is 0 Å². The fourth-order valence-electron chi connectivity index (χ4n) is 4.68. The molecule has 1 nitrogen and oxygen atoms in total. The largest absolute Gasteiger partial charge is 0.389 e. The van der Waals surface area contributed by atoms with Crippen LogP contribution in [0.25, 0.3) is 0 Å². The Labute approximate surface area is 153 Å². The average Bonchev–Trinajstić information content (AvgIpc) is 2.64. The molecule has 3 rings (SSSR count). The van der Waals surface area contributed by atoms with Gasteiger partial charge in [0.05, 0.1) is 6.10 Å². The van der Waals surface area contributed by atoms with E-state index in [0.29, 0.717) is 0 Å². The van der Waals surface area contributed by atoms with Gasteiger partial charge in [0.2, 0.25) is 0 Å². The Hall–Kier alpha value is -1.34. The molecule has 0 aliphatic heterocycles. The highest BCUT2D eigenvalue weighted by molar-refractivity contribution is 5.43. The van der Waals surface area contributed by atoms with Gasteiger partial charge < -0.3 is 5.11 Å². The first-order valence-corrected chi connectivity index (χ1v) is 10.4. The fraction of sp³-hybridized carbons (Fsp3) is 0.583. The van der Waals surface area contributed by atoms with Gasteiger partial charge in [-0.3, -0.25) is 0 Å². The first-order valence-electron chi connectivity index (χ1n) is 10.4. The van der Waals surface area contributed by atoms with Gasteiger partial charge in [0.25, 0.3) is 0 Å². The zero-order valence-corrected chi connectivity index (χ0v) is 15.6. The molecule has 2 aliphatic rings. The molecular weight excluding hydrogens is 304 g/mol. The molecule has 2 aliphatic carbocycles. The van der Waals surface area contributed by atoms with Crippen molar-refractivity contribution in [2.24, 2.45) is 0 Å². The number of hydrogen-bond acceptors (Lipinski definition) is 1. The van der Waals surface area contributed by atoms with Crippen LogP contribution < -0.4 is 0 Å². The van der Waals surface area contributed by atoms with Crippen molar-refractivity contribution in [2.45, 2.75) is 88.6 Å².